The van der Waals surface area contributed by atoms with Crippen molar-refractivity contribution in [1.82, 2.24) is 10.1 Å². The fraction of sp³-hybridized carbons (Fsp3) is 0.462. The molecule has 0 heterocycles. The first-order valence-electron chi connectivity index (χ1n) is 6.23. The number of rotatable bonds is 9. The molecule has 1 aromatic carbocycles. The molecule has 7 heteroatoms. The fourth-order valence-corrected chi connectivity index (χ4v) is 1.41. The highest BCUT2D eigenvalue weighted by Crippen LogP contribution is 2.31. The lowest BCUT2D eigenvalue weighted by Gasteiger charge is -2.13. The number of benzene rings is 1. The average Bonchev–Trinajstić information content (AvgIpc) is 2.41. The van der Waals surface area contributed by atoms with Gasteiger partial charge in [0.1, 0.15) is 23.8 Å². The first-order valence-corrected chi connectivity index (χ1v) is 6.23. The van der Waals surface area contributed by atoms with Crippen molar-refractivity contribution in [1.29, 1.82) is 0 Å². The second kappa shape index (κ2) is 9.15. The van der Waals surface area contributed by atoms with Gasteiger partial charge in [-0.2, -0.15) is 4.99 Å². The minimum Gasteiger partial charge on any atom is -0.492 e. The average molecular weight is 275 g/mol. The zero-order chi connectivity index (χ0) is 14.8. The van der Waals surface area contributed by atoms with Gasteiger partial charge < -0.3 is 19.6 Å². The quantitative estimate of drug-likeness (QED) is 0.310. The van der Waals surface area contributed by atoms with Crippen LogP contribution in [0.25, 0.3) is 0 Å². The topological polar surface area (TPSA) is 63.2 Å². The second-order valence-corrected chi connectivity index (χ2v) is 4.29. The van der Waals surface area contributed by atoms with Gasteiger partial charge >= 0.3 is 0 Å². The zero-order valence-electron chi connectivity index (χ0n) is 11.8. The van der Waals surface area contributed by atoms with Gasteiger partial charge in [0.25, 0.3) is 0 Å². The summed E-state index contributed by atoms with van der Waals surface area (Å²) < 4.78 is 11.0. The third-order valence-corrected chi connectivity index (χ3v) is 2.41. The Morgan fingerprint density at radius 1 is 1.35 bits per heavy atom. The predicted molar refractivity (Wildman–Crippen MR) is 77.5 cm³/mol. The van der Waals surface area contributed by atoms with Gasteiger partial charge in [-0.1, -0.05) is 0 Å². The molecule has 1 aromatic rings. The molecular formula is C13H18BN3O3. The van der Waals surface area contributed by atoms with Crippen molar-refractivity contribution in [3.8, 4) is 11.5 Å². The highest BCUT2D eigenvalue weighted by atomic mass is 16.5. The van der Waals surface area contributed by atoms with Crippen LogP contribution in [0, 0.1) is 0 Å². The summed E-state index contributed by atoms with van der Waals surface area (Å²) in [6.07, 6.45) is 1.51. The van der Waals surface area contributed by atoms with E-state index in [1.165, 1.54) is 6.08 Å². The fourth-order valence-electron chi connectivity index (χ4n) is 1.41. The summed E-state index contributed by atoms with van der Waals surface area (Å²) in [5, 5.41) is 2.48. The van der Waals surface area contributed by atoms with E-state index in [0.717, 1.165) is 6.54 Å². The Morgan fingerprint density at radius 2 is 2.15 bits per heavy atom. The predicted octanol–water partition coefficient (Wildman–Crippen LogP) is 0.646. The molecule has 0 fully saturated rings. The summed E-state index contributed by atoms with van der Waals surface area (Å²) in [6.45, 7) is 2.21. The van der Waals surface area contributed by atoms with Gasteiger partial charge in [-0.05, 0) is 26.2 Å². The standard InChI is InChI=1S/C13H18BN3O3/c1-17(2)6-8-19-11-3-4-13(20-7-5-16-14)12(9-11)15-10-18/h3-4,9,16H,5-8H2,1-2H3. The molecule has 0 saturated carbocycles. The summed E-state index contributed by atoms with van der Waals surface area (Å²) in [6, 6.07) is 5.12. The lowest BCUT2D eigenvalue weighted by molar-refractivity contribution is 0.261. The van der Waals surface area contributed by atoms with Crippen LogP contribution in [0.15, 0.2) is 23.2 Å². The van der Waals surface area contributed by atoms with Crippen LogP contribution in [0.1, 0.15) is 0 Å². The molecule has 1 N–H and O–H groups in total. The molecule has 0 aromatic heterocycles. The second-order valence-electron chi connectivity index (χ2n) is 4.29. The van der Waals surface area contributed by atoms with E-state index in [4.69, 9.17) is 17.5 Å². The monoisotopic (exact) mass is 275 g/mol. The van der Waals surface area contributed by atoms with Gasteiger partial charge in [0.15, 0.2) is 7.98 Å². The van der Waals surface area contributed by atoms with Crippen LogP contribution in [0.5, 0.6) is 11.5 Å². The van der Waals surface area contributed by atoms with Gasteiger partial charge in [0.05, 0.1) is 6.61 Å². The van der Waals surface area contributed by atoms with Crippen molar-refractivity contribution in [2.75, 3.05) is 40.4 Å². The van der Waals surface area contributed by atoms with Gasteiger partial charge in [0, 0.05) is 19.2 Å². The van der Waals surface area contributed by atoms with Gasteiger partial charge in [-0.3, -0.25) is 0 Å². The Bertz CT molecular complexity index is 462. The normalized spacial score (nSPS) is 10.2. The molecule has 1 rings (SSSR count). The Morgan fingerprint density at radius 3 is 2.80 bits per heavy atom. The van der Waals surface area contributed by atoms with E-state index in [0.29, 0.717) is 36.9 Å². The van der Waals surface area contributed by atoms with E-state index in [9.17, 15) is 4.79 Å². The number of nitrogens with one attached hydrogen (secondary N) is 1. The number of nitrogens with zero attached hydrogens (tertiary/aromatic N) is 2. The van der Waals surface area contributed by atoms with Crippen LogP contribution in [0.4, 0.5) is 5.69 Å². The summed E-state index contributed by atoms with van der Waals surface area (Å²) in [5.41, 5.74) is 0.388. The van der Waals surface area contributed by atoms with Crippen molar-refractivity contribution in [2.45, 2.75) is 0 Å². The van der Waals surface area contributed by atoms with Crippen LogP contribution in [-0.2, 0) is 4.79 Å². The van der Waals surface area contributed by atoms with E-state index in [2.05, 4.69) is 10.2 Å². The number of likely N-dealkylation sites (N-methyl/N-ethyl adjacent to an activating group) is 1. The van der Waals surface area contributed by atoms with Crippen molar-refractivity contribution in [3.05, 3.63) is 18.2 Å². The SMILES string of the molecule is [B]NCCOc1ccc(OCCN(C)C)cc1N=C=O. The van der Waals surface area contributed by atoms with Crippen LogP contribution in [-0.4, -0.2) is 59.4 Å². The Labute approximate surface area is 120 Å². The Hall–Kier alpha value is -1.82. The summed E-state index contributed by atoms with van der Waals surface area (Å²) in [5.74, 6) is 1.12. The minimum absolute atomic E-state index is 0.374. The van der Waals surface area contributed by atoms with Gasteiger partial charge in [-0.15, -0.1) is 0 Å². The highest BCUT2D eigenvalue weighted by Gasteiger charge is 2.06. The lowest BCUT2D eigenvalue weighted by Crippen LogP contribution is -2.19. The van der Waals surface area contributed by atoms with E-state index in [-0.39, 0.29) is 0 Å². The maximum Gasteiger partial charge on any atom is 0.240 e. The highest BCUT2D eigenvalue weighted by molar-refractivity contribution is 6.04. The first-order chi connectivity index (χ1) is 9.67. The molecule has 0 bridgehead atoms. The summed E-state index contributed by atoms with van der Waals surface area (Å²) in [4.78, 5) is 16.1. The third kappa shape index (κ3) is 5.88. The molecule has 2 radical (unpaired) electrons. The maximum atomic E-state index is 10.4. The van der Waals surface area contributed by atoms with Crippen LogP contribution >= 0.6 is 0 Å². The number of hydrogen-bond donors (Lipinski definition) is 1. The van der Waals surface area contributed by atoms with Crippen molar-refractivity contribution >= 4 is 19.7 Å². The molecule has 20 heavy (non-hydrogen) atoms. The van der Waals surface area contributed by atoms with E-state index >= 15 is 0 Å². The molecule has 0 spiro atoms. The molecule has 0 atom stereocenters. The number of aliphatic imine (C=N–C) groups is 1. The smallest absolute Gasteiger partial charge is 0.240 e. The molecule has 6 nitrogen and oxygen atoms in total. The maximum absolute atomic E-state index is 10.4. The molecule has 106 valence electrons. The molecule has 0 saturated heterocycles. The van der Waals surface area contributed by atoms with E-state index in [1.807, 2.05) is 19.0 Å². The van der Waals surface area contributed by atoms with Crippen molar-refractivity contribution in [3.63, 3.8) is 0 Å². The molecule has 0 aliphatic heterocycles. The van der Waals surface area contributed by atoms with Crippen LogP contribution in [0.2, 0.25) is 0 Å². The van der Waals surface area contributed by atoms with E-state index < -0.39 is 0 Å². The lowest BCUT2D eigenvalue weighted by atomic mass is 10.3. The number of ether oxygens (including phenoxy) is 2. The van der Waals surface area contributed by atoms with Crippen LogP contribution < -0.4 is 14.7 Å². The molecule has 0 unspecified atom stereocenters. The number of isocyanates is 1. The van der Waals surface area contributed by atoms with Gasteiger partial charge in [-0.25, -0.2) is 4.79 Å². The Kier molecular flexibility index (Phi) is 7.43. The molecule has 0 aliphatic carbocycles. The largest absolute Gasteiger partial charge is 0.492 e. The molecule has 0 amide bonds. The minimum atomic E-state index is 0.374. The number of hydrogen-bond acceptors (Lipinski definition) is 6. The zero-order valence-corrected chi connectivity index (χ0v) is 11.8. The molecular weight excluding hydrogens is 257 g/mol. The Balaban J connectivity index is 2.70. The summed E-state index contributed by atoms with van der Waals surface area (Å²) >= 11 is 0. The van der Waals surface area contributed by atoms with Gasteiger partial charge in [0.2, 0.25) is 6.08 Å². The summed E-state index contributed by atoms with van der Waals surface area (Å²) in [7, 11) is 9.09. The van der Waals surface area contributed by atoms with E-state index in [1.54, 1.807) is 18.2 Å². The van der Waals surface area contributed by atoms with Crippen LogP contribution in [0.3, 0.4) is 0 Å². The number of carbonyl (C=O) groups excluding carboxylic acids is 1. The molecule has 0 aliphatic rings. The third-order valence-electron chi connectivity index (χ3n) is 2.41. The van der Waals surface area contributed by atoms with Crippen molar-refractivity contribution < 1.29 is 14.3 Å². The van der Waals surface area contributed by atoms with Crippen molar-refractivity contribution in [2.24, 2.45) is 4.99 Å². The first kappa shape index (κ1) is 16.2.